The van der Waals surface area contributed by atoms with Crippen molar-refractivity contribution in [2.24, 2.45) is 5.92 Å². The van der Waals surface area contributed by atoms with E-state index < -0.39 is 0 Å². The average Bonchev–Trinajstić information content (AvgIpc) is 2.34. The topological polar surface area (TPSA) is 75.7 Å². The van der Waals surface area contributed by atoms with Gasteiger partial charge in [0.15, 0.2) is 0 Å². The summed E-state index contributed by atoms with van der Waals surface area (Å²) >= 11 is 0. The van der Waals surface area contributed by atoms with Crippen molar-refractivity contribution in [1.82, 2.24) is 10.2 Å². The molecule has 6 heteroatoms. The summed E-state index contributed by atoms with van der Waals surface area (Å²) in [7, 11) is 1.37. The molecular formula is C13H22N2O4. The van der Waals surface area contributed by atoms with E-state index in [1.54, 1.807) is 4.90 Å². The van der Waals surface area contributed by atoms with E-state index in [0.717, 1.165) is 6.42 Å². The second-order valence-electron chi connectivity index (χ2n) is 5.04. The van der Waals surface area contributed by atoms with Gasteiger partial charge < -0.3 is 15.0 Å². The van der Waals surface area contributed by atoms with Crippen molar-refractivity contribution < 1.29 is 19.1 Å². The molecule has 6 nitrogen and oxygen atoms in total. The molecule has 0 aliphatic carbocycles. The molecule has 2 unspecified atom stereocenters. The fourth-order valence-corrected chi connectivity index (χ4v) is 2.49. The number of rotatable bonds is 4. The molecule has 1 fully saturated rings. The number of piperidine rings is 1. The SMILES string of the molecule is COC(=O)CCC1CC(NC(C)=O)CN(C(C)=O)C1. The highest BCUT2D eigenvalue weighted by molar-refractivity contribution is 5.75. The zero-order valence-electron chi connectivity index (χ0n) is 11.8. The number of hydrogen-bond donors (Lipinski definition) is 1. The highest BCUT2D eigenvalue weighted by Crippen LogP contribution is 2.21. The van der Waals surface area contributed by atoms with Crippen molar-refractivity contribution >= 4 is 17.8 Å². The van der Waals surface area contributed by atoms with Gasteiger partial charge in [0, 0.05) is 39.4 Å². The number of hydrogen-bond acceptors (Lipinski definition) is 4. The van der Waals surface area contributed by atoms with Crippen LogP contribution in [0.5, 0.6) is 0 Å². The molecule has 0 aromatic carbocycles. The molecule has 19 heavy (non-hydrogen) atoms. The Kier molecular flexibility index (Phi) is 5.79. The highest BCUT2D eigenvalue weighted by atomic mass is 16.5. The monoisotopic (exact) mass is 270 g/mol. The fraction of sp³-hybridized carbons (Fsp3) is 0.769. The van der Waals surface area contributed by atoms with Gasteiger partial charge in [-0.1, -0.05) is 0 Å². The van der Waals surface area contributed by atoms with Crippen LogP contribution in [0.2, 0.25) is 0 Å². The number of likely N-dealkylation sites (tertiary alicyclic amines) is 1. The van der Waals surface area contributed by atoms with Crippen LogP contribution in [0, 0.1) is 5.92 Å². The van der Waals surface area contributed by atoms with Crippen molar-refractivity contribution in [1.29, 1.82) is 0 Å². The summed E-state index contributed by atoms with van der Waals surface area (Å²) in [6.45, 7) is 4.18. The minimum absolute atomic E-state index is 0.00174. The number of esters is 1. The zero-order chi connectivity index (χ0) is 14.4. The van der Waals surface area contributed by atoms with E-state index in [9.17, 15) is 14.4 Å². The molecule has 0 bridgehead atoms. The molecule has 0 saturated carbocycles. The second-order valence-corrected chi connectivity index (χ2v) is 5.04. The van der Waals surface area contributed by atoms with Crippen LogP contribution in [0.25, 0.3) is 0 Å². The molecular weight excluding hydrogens is 248 g/mol. The lowest BCUT2D eigenvalue weighted by Gasteiger charge is -2.37. The zero-order valence-corrected chi connectivity index (χ0v) is 11.8. The Hall–Kier alpha value is -1.59. The second kappa shape index (κ2) is 7.11. The lowest BCUT2D eigenvalue weighted by molar-refractivity contribution is -0.141. The molecule has 0 aromatic rings. The first kappa shape index (κ1) is 15.5. The molecule has 2 amide bonds. The van der Waals surface area contributed by atoms with E-state index in [4.69, 9.17) is 0 Å². The van der Waals surface area contributed by atoms with Gasteiger partial charge in [-0.3, -0.25) is 14.4 Å². The summed E-state index contributed by atoms with van der Waals surface area (Å²) in [4.78, 5) is 35.5. The minimum Gasteiger partial charge on any atom is -0.469 e. The smallest absolute Gasteiger partial charge is 0.305 e. The first-order valence-corrected chi connectivity index (χ1v) is 6.51. The maximum Gasteiger partial charge on any atom is 0.305 e. The van der Waals surface area contributed by atoms with Gasteiger partial charge >= 0.3 is 5.97 Å². The fourth-order valence-electron chi connectivity index (χ4n) is 2.49. The first-order chi connectivity index (χ1) is 8.92. The number of methoxy groups -OCH3 is 1. The summed E-state index contributed by atoms with van der Waals surface area (Å²) in [5.41, 5.74) is 0. The van der Waals surface area contributed by atoms with E-state index >= 15 is 0 Å². The van der Waals surface area contributed by atoms with E-state index in [1.165, 1.54) is 21.0 Å². The molecule has 1 aliphatic heterocycles. The van der Waals surface area contributed by atoms with Crippen LogP contribution in [-0.4, -0.2) is 48.9 Å². The van der Waals surface area contributed by atoms with Gasteiger partial charge in [0.1, 0.15) is 0 Å². The lowest BCUT2D eigenvalue weighted by atomic mass is 9.90. The third-order valence-electron chi connectivity index (χ3n) is 3.37. The molecule has 1 saturated heterocycles. The Labute approximate surface area is 113 Å². The van der Waals surface area contributed by atoms with E-state index in [1.807, 2.05) is 0 Å². The van der Waals surface area contributed by atoms with Gasteiger partial charge in [0.2, 0.25) is 11.8 Å². The van der Waals surface area contributed by atoms with Crippen LogP contribution in [0.1, 0.15) is 33.1 Å². The third kappa shape index (κ3) is 5.28. The maximum atomic E-state index is 11.5. The lowest BCUT2D eigenvalue weighted by Crippen LogP contribution is -2.51. The van der Waals surface area contributed by atoms with Crippen molar-refractivity contribution in [3.63, 3.8) is 0 Å². The Morgan fingerprint density at radius 3 is 2.47 bits per heavy atom. The van der Waals surface area contributed by atoms with Crippen LogP contribution in [-0.2, 0) is 19.1 Å². The maximum absolute atomic E-state index is 11.5. The summed E-state index contributed by atoms with van der Waals surface area (Å²) in [5.74, 6) is -0.120. The van der Waals surface area contributed by atoms with Crippen LogP contribution >= 0.6 is 0 Å². The van der Waals surface area contributed by atoms with Gasteiger partial charge in [0.05, 0.1) is 7.11 Å². The number of ether oxygens (including phenoxy) is 1. The molecule has 0 spiro atoms. The van der Waals surface area contributed by atoms with Crippen molar-refractivity contribution in [3.05, 3.63) is 0 Å². The first-order valence-electron chi connectivity index (χ1n) is 6.51. The summed E-state index contributed by atoms with van der Waals surface area (Å²) in [6, 6.07) is -0.0298. The number of nitrogens with one attached hydrogen (secondary N) is 1. The normalized spacial score (nSPS) is 22.8. The van der Waals surface area contributed by atoms with Gasteiger partial charge in [-0.05, 0) is 18.8 Å². The predicted molar refractivity (Wildman–Crippen MR) is 69.2 cm³/mol. The van der Waals surface area contributed by atoms with Crippen LogP contribution in [0.4, 0.5) is 0 Å². The largest absolute Gasteiger partial charge is 0.469 e. The van der Waals surface area contributed by atoms with Crippen LogP contribution in [0.3, 0.4) is 0 Å². The quantitative estimate of drug-likeness (QED) is 0.746. The average molecular weight is 270 g/mol. The molecule has 0 radical (unpaired) electrons. The number of carbonyl (C=O) groups excluding carboxylic acids is 3. The van der Waals surface area contributed by atoms with E-state index in [-0.39, 0.29) is 29.7 Å². The number of nitrogens with zero attached hydrogens (tertiary/aromatic N) is 1. The standard InChI is InChI=1S/C13H22N2O4/c1-9(16)14-12-6-11(4-5-13(18)19-3)7-15(8-12)10(2)17/h11-12H,4-8H2,1-3H3,(H,14,16). The Morgan fingerprint density at radius 1 is 1.26 bits per heavy atom. The van der Waals surface area contributed by atoms with Crippen molar-refractivity contribution in [3.8, 4) is 0 Å². The van der Waals surface area contributed by atoms with E-state index in [0.29, 0.717) is 25.9 Å². The summed E-state index contributed by atoms with van der Waals surface area (Å²) in [6.07, 6.45) is 1.81. The molecule has 2 atom stereocenters. The van der Waals surface area contributed by atoms with Crippen molar-refractivity contribution in [2.45, 2.75) is 39.2 Å². The van der Waals surface area contributed by atoms with Crippen molar-refractivity contribution in [2.75, 3.05) is 20.2 Å². The van der Waals surface area contributed by atoms with Gasteiger partial charge in [-0.15, -0.1) is 0 Å². The van der Waals surface area contributed by atoms with Gasteiger partial charge in [0.25, 0.3) is 0 Å². The Balaban J connectivity index is 2.56. The molecule has 108 valence electrons. The molecule has 1 aliphatic rings. The van der Waals surface area contributed by atoms with Gasteiger partial charge in [-0.2, -0.15) is 0 Å². The molecule has 1 N–H and O–H groups in total. The molecule has 0 aromatic heterocycles. The summed E-state index contributed by atoms with van der Waals surface area (Å²) < 4.78 is 4.62. The van der Waals surface area contributed by atoms with Gasteiger partial charge in [-0.25, -0.2) is 0 Å². The molecule has 1 heterocycles. The Morgan fingerprint density at radius 2 is 1.95 bits per heavy atom. The Bertz CT molecular complexity index is 357. The number of carbonyl (C=O) groups is 3. The number of amides is 2. The highest BCUT2D eigenvalue weighted by Gasteiger charge is 2.29. The molecule has 1 rings (SSSR count). The summed E-state index contributed by atoms with van der Waals surface area (Å²) in [5, 5.41) is 2.85. The third-order valence-corrected chi connectivity index (χ3v) is 3.37. The van der Waals surface area contributed by atoms with Crippen LogP contribution in [0.15, 0.2) is 0 Å². The van der Waals surface area contributed by atoms with Crippen LogP contribution < -0.4 is 5.32 Å². The van der Waals surface area contributed by atoms with E-state index in [2.05, 4.69) is 10.1 Å². The minimum atomic E-state index is -0.240. The predicted octanol–water partition coefficient (Wildman–Crippen LogP) is 0.313.